The molecule has 0 saturated carbocycles. The van der Waals surface area contributed by atoms with Crippen molar-refractivity contribution >= 4 is 17.8 Å². The number of nitrogens with zero attached hydrogens (tertiary/aromatic N) is 4. The van der Waals surface area contributed by atoms with Crippen molar-refractivity contribution < 1.29 is 0 Å². The molecule has 1 rings (SSSR count). The van der Waals surface area contributed by atoms with Crippen molar-refractivity contribution in [3.05, 3.63) is 0 Å². The van der Waals surface area contributed by atoms with Crippen molar-refractivity contribution in [3.8, 4) is 0 Å². The molecule has 114 valence electrons. The first kappa shape index (κ1) is 16.5. The summed E-state index contributed by atoms with van der Waals surface area (Å²) >= 11 is 0. The fourth-order valence-electron chi connectivity index (χ4n) is 1.72. The normalized spacial score (nSPS) is 11.3. The van der Waals surface area contributed by atoms with E-state index in [-0.39, 0.29) is 5.54 Å². The fourth-order valence-corrected chi connectivity index (χ4v) is 1.72. The van der Waals surface area contributed by atoms with Gasteiger partial charge in [-0.2, -0.15) is 15.0 Å². The lowest BCUT2D eigenvalue weighted by atomic mass is 10.1. The molecule has 0 aliphatic carbocycles. The lowest BCUT2D eigenvalue weighted by Gasteiger charge is -2.23. The van der Waals surface area contributed by atoms with E-state index in [0.717, 1.165) is 32.0 Å². The number of rotatable bonds is 7. The third kappa shape index (κ3) is 5.19. The van der Waals surface area contributed by atoms with E-state index >= 15 is 0 Å². The molecule has 0 bridgehead atoms. The number of anilines is 3. The Morgan fingerprint density at radius 2 is 1.55 bits per heavy atom. The van der Waals surface area contributed by atoms with E-state index in [0.29, 0.717) is 11.9 Å². The molecule has 0 spiro atoms. The highest BCUT2D eigenvalue weighted by Crippen LogP contribution is 2.16. The molecule has 0 aliphatic heterocycles. The number of hydrogen-bond acceptors (Lipinski definition) is 6. The Labute approximate surface area is 122 Å². The zero-order valence-electron chi connectivity index (χ0n) is 13.6. The van der Waals surface area contributed by atoms with Crippen molar-refractivity contribution in [1.29, 1.82) is 0 Å². The van der Waals surface area contributed by atoms with Gasteiger partial charge in [0.15, 0.2) is 0 Å². The van der Waals surface area contributed by atoms with E-state index in [4.69, 9.17) is 0 Å². The molecule has 0 aromatic carbocycles. The topological polar surface area (TPSA) is 66.0 Å². The predicted molar refractivity (Wildman–Crippen MR) is 85.5 cm³/mol. The van der Waals surface area contributed by atoms with Crippen LogP contribution in [0, 0.1) is 0 Å². The van der Waals surface area contributed by atoms with Crippen LogP contribution in [0.4, 0.5) is 17.8 Å². The van der Waals surface area contributed by atoms with E-state index in [1.807, 2.05) is 0 Å². The molecule has 6 heteroatoms. The fraction of sp³-hybridized carbons (Fsp3) is 0.786. The van der Waals surface area contributed by atoms with Crippen molar-refractivity contribution in [2.45, 2.75) is 53.5 Å². The molecule has 0 radical (unpaired) electrons. The van der Waals surface area contributed by atoms with Crippen LogP contribution in [0.1, 0.15) is 48.0 Å². The second kappa shape index (κ2) is 7.26. The van der Waals surface area contributed by atoms with Crippen molar-refractivity contribution in [3.63, 3.8) is 0 Å². The van der Waals surface area contributed by atoms with E-state index in [1.165, 1.54) is 0 Å². The summed E-state index contributed by atoms with van der Waals surface area (Å²) in [4.78, 5) is 15.6. The van der Waals surface area contributed by atoms with Gasteiger partial charge >= 0.3 is 0 Å². The molecule has 0 amide bonds. The summed E-state index contributed by atoms with van der Waals surface area (Å²) in [6.45, 7) is 15.2. The smallest absolute Gasteiger partial charge is 0.231 e. The highest BCUT2D eigenvalue weighted by atomic mass is 15.3. The predicted octanol–water partition coefficient (Wildman–Crippen LogP) is 2.75. The molecule has 0 aliphatic rings. The Bertz CT molecular complexity index is 409. The van der Waals surface area contributed by atoms with Crippen LogP contribution in [0.5, 0.6) is 0 Å². The van der Waals surface area contributed by atoms with Crippen LogP contribution in [0.15, 0.2) is 0 Å². The first-order valence-electron chi connectivity index (χ1n) is 7.42. The Morgan fingerprint density at radius 1 is 0.950 bits per heavy atom. The number of aromatic nitrogens is 3. The highest BCUT2D eigenvalue weighted by molar-refractivity contribution is 5.44. The van der Waals surface area contributed by atoms with Gasteiger partial charge in [-0.1, -0.05) is 6.92 Å². The first-order chi connectivity index (χ1) is 9.39. The summed E-state index contributed by atoms with van der Waals surface area (Å²) in [5.74, 6) is 1.97. The largest absolute Gasteiger partial charge is 0.354 e. The van der Waals surface area contributed by atoms with Gasteiger partial charge in [-0.25, -0.2) is 0 Å². The zero-order valence-corrected chi connectivity index (χ0v) is 13.6. The molecular formula is C14H28N6. The lowest BCUT2D eigenvalue weighted by Crippen LogP contribution is -2.30. The Kier molecular flexibility index (Phi) is 5.98. The molecule has 1 aromatic heterocycles. The summed E-state index contributed by atoms with van der Waals surface area (Å²) < 4.78 is 0. The average Bonchev–Trinajstić information content (AvgIpc) is 2.35. The standard InChI is InChI=1S/C14H28N6/c1-7-10-15-11-16-12(19-14(4,5)6)18-13(17-11)20(8-2)9-3/h7-10H2,1-6H3,(H2,15,16,17,18,19). The van der Waals surface area contributed by atoms with Crippen LogP contribution >= 0.6 is 0 Å². The molecule has 1 heterocycles. The van der Waals surface area contributed by atoms with Crippen LogP contribution < -0.4 is 15.5 Å². The van der Waals surface area contributed by atoms with Gasteiger partial charge in [0.1, 0.15) is 0 Å². The van der Waals surface area contributed by atoms with Crippen LogP contribution in [0.25, 0.3) is 0 Å². The molecule has 0 unspecified atom stereocenters. The van der Waals surface area contributed by atoms with Crippen LogP contribution in [-0.4, -0.2) is 40.1 Å². The van der Waals surface area contributed by atoms with Crippen molar-refractivity contribution in [2.24, 2.45) is 0 Å². The number of hydrogen-bond donors (Lipinski definition) is 2. The summed E-state index contributed by atoms with van der Waals surface area (Å²) in [5.41, 5.74) is -0.0795. The minimum absolute atomic E-state index is 0.0795. The maximum Gasteiger partial charge on any atom is 0.231 e. The van der Waals surface area contributed by atoms with Gasteiger partial charge in [-0.05, 0) is 41.0 Å². The van der Waals surface area contributed by atoms with Crippen LogP contribution in [-0.2, 0) is 0 Å². The van der Waals surface area contributed by atoms with Gasteiger partial charge in [0.25, 0.3) is 0 Å². The lowest BCUT2D eigenvalue weighted by molar-refractivity contribution is 0.624. The highest BCUT2D eigenvalue weighted by Gasteiger charge is 2.15. The summed E-state index contributed by atoms with van der Waals surface area (Å²) in [6, 6.07) is 0. The van der Waals surface area contributed by atoms with E-state index in [2.05, 4.69) is 72.0 Å². The molecule has 2 N–H and O–H groups in total. The second-order valence-electron chi connectivity index (χ2n) is 5.76. The van der Waals surface area contributed by atoms with Crippen molar-refractivity contribution in [2.75, 3.05) is 35.2 Å². The molecule has 0 fully saturated rings. The Hall–Kier alpha value is -1.59. The Balaban J connectivity index is 3.06. The second-order valence-corrected chi connectivity index (χ2v) is 5.76. The van der Waals surface area contributed by atoms with E-state index in [9.17, 15) is 0 Å². The van der Waals surface area contributed by atoms with Gasteiger partial charge in [-0.3, -0.25) is 0 Å². The van der Waals surface area contributed by atoms with Gasteiger partial charge in [-0.15, -0.1) is 0 Å². The maximum absolute atomic E-state index is 4.52. The van der Waals surface area contributed by atoms with Gasteiger partial charge in [0, 0.05) is 25.2 Å². The van der Waals surface area contributed by atoms with E-state index < -0.39 is 0 Å². The molecule has 0 saturated heterocycles. The molecule has 1 aromatic rings. The van der Waals surface area contributed by atoms with Crippen molar-refractivity contribution in [1.82, 2.24) is 15.0 Å². The number of nitrogens with one attached hydrogen (secondary N) is 2. The monoisotopic (exact) mass is 280 g/mol. The molecule has 0 atom stereocenters. The van der Waals surface area contributed by atoms with Gasteiger partial charge in [0.05, 0.1) is 0 Å². The molecular weight excluding hydrogens is 252 g/mol. The minimum atomic E-state index is -0.0795. The summed E-state index contributed by atoms with van der Waals surface area (Å²) in [7, 11) is 0. The zero-order chi connectivity index (χ0) is 15.2. The Morgan fingerprint density at radius 3 is 2.05 bits per heavy atom. The molecule has 6 nitrogen and oxygen atoms in total. The summed E-state index contributed by atoms with van der Waals surface area (Å²) in [5, 5.41) is 6.55. The third-order valence-electron chi connectivity index (χ3n) is 2.69. The molecule has 20 heavy (non-hydrogen) atoms. The van der Waals surface area contributed by atoms with Crippen LogP contribution in [0.3, 0.4) is 0 Å². The maximum atomic E-state index is 4.52. The first-order valence-corrected chi connectivity index (χ1v) is 7.42. The van der Waals surface area contributed by atoms with E-state index in [1.54, 1.807) is 0 Å². The third-order valence-corrected chi connectivity index (χ3v) is 2.69. The SMILES string of the molecule is CCCNc1nc(NC(C)(C)C)nc(N(CC)CC)n1. The van der Waals surface area contributed by atoms with Crippen LogP contribution in [0.2, 0.25) is 0 Å². The van der Waals surface area contributed by atoms with Gasteiger partial charge in [0.2, 0.25) is 17.8 Å². The minimum Gasteiger partial charge on any atom is -0.354 e. The average molecular weight is 280 g/mol. The quantitative estimate of drug-likeness (QED) is 0.800. The van der Waals surface area contributed by atoms with Gasteiger partial charge < -0.3 is 15.5 Å². The summed E-state index contributed by atoms with van der Waals surface area (Å²) in [6.07, 6.45) is 1.04.